The van der Waals surface area contributed by atoms with Gasteiger partial charge in [0.15, 0.2) is 0 Å². The normalized spacial score (nSPS) is 16.8. The standard InChI is InChI=1S/C22H25N5O/c1-16(2)27-15-24-19-10-12-26(14-17-7-4-3-5-8-17)21(20(19)27)22(28)25-18-9-6-11-23-13-18/h3-9,11,13,15-16,21H,10,12,14H2,1-2H3,(H,25,28)/t21-/m1/s1. The largest absolute Gasteiger partial charge is 0.330 e. The van der Waals surface area contributed by atoms with Crippen molar-refractivity contribution in [3.8, 4) is 0 Å². The quantitative estimate of drug-likeness (QED) is 0.740. The van der Waals surface area contributed by atoms with E-state index in [4.69, 9.17) is 0 Å². The van der Waals surface area contributed by atoms with Crippen molar-refractivity contribution in [2.75, 3.05) is 11.9 Å². The highest BCUT2D eigenvalue weighted by Crippen LogP contribution is 2.33. The number of fused-ring (bicyclic) bond motifs is 1. The molecule has 0 unspecified atom stereocenters. The Morgan fingerprint density at radius 3 is 2.75 bits per heavy atom. The maximum absolute atomic E-state index is 13.4. The first-order valence-corrected chi connectivity index (χ1v) is 9.68. The van der Waals surface area contributed by atoms with Crippen LogP contribution in [0, 0.1) is 0 Å². The first-order chi connectivity index (χ1) is 13.6. The van der Waals surface area contributed by atoms with Gasteiger partial charge in [-0.05, 0) is 31.5 Å². The maximum Gasteiger partial charge on any atom is 0.248 e. The molecule has 1 aromatic carbocycles. The van der Waals surface area contributed by atoms with Gasteiger partial charge in [-0.25, -0.2) is 4.98 Å². The van der Waals surface area contributed by atoms with Gasteiger partial charge in [0.2, 0.25) is 5.91 Å². The van der Waals surface area contributed by atoms with E-state index in [2.05, 4.69) is 50.7 Å². The summed E-state index contributed by atoms with van der Waals surface area (Å²) in [6.07, 6.45) is 6.08. The fourth-order valence-electron chi connectivity index (χ4n) is 3.79. The van der Waals surface area contributed by atoms with Crippen molar-refractivity contribution in [1.82, 2.24) is 19.4 Å². The van der Waals surface area contributed by atoms with Gasteiger partial charge in [0.1, 0.15) is 6.04 Å². The third kappa shape index (κ3) is 3.68. The molecule has 1 N–H and O–H groups in total. The van der Waals surface area contributed by atoms with Gasteiger partial charge in [0.25, 0.3) is 0 Å². The van der Waals surface area contributed by atoms with Crippen molar-refractivity contribution < 1.29 is 4.79 Å². The Labute approximate surface area is 165 Å². The lowest BCUT2D eigenvalue weighted by Crippen LogP contribution is -2.42. The third-order valence-electron chi connectivity index (χ3n) is 5.13. The van der Waals surface area contributed by atoms with Gasteiger partial charge in [-0.1, -0.05) is 30.3 Å². The molecule has 1 amide bonds. The fraction of sp³-hybridized carbons (Fsp3) is 0.318. The second-order valence-corrected chi connectivity index (χ2v) is 7.42. The van der Waals surface area contributed by atoms with Gasteiger partial charge in [-0.15, -0.1) is 0 Å². The molecular formula is C22H25N5O. The van der Waals surface area contributed by atoms with Gasteiger partial charge < -0.3 is 9.88 Å². The van der Waals surface area contributed by atoms with Crippen molar-refractivity contribution in [2.24, 2.45) is 0 Å². The van der Waals surface area contributed by atoms with Crippen LogP contribution in [0.1, 0.15) is 42.9 Å². The van der Waals surface area contributed by atoms with Crippen LogP contribution in [-0.4, -0.2) is 31.9 Å². The van der Waals surface area contributed by atoms with E-state index in [0.717, 1.165) is 24.4 Å². The lowest BCUT2D eigenvalue weighted by atomic mass is 9.99. The molecule has 0 saturated heterocycles. The number of benzene rings is 1. The summed E-state index contributed by atoms with van der Waals surface area (Å²) in [7, 11) is 0. The summed E-state index contributed by atoms with van der Waals surface area (Å²) in [4.78, 5) is 24.3. The molecule has 3 heterocycles. The summed E-state index contributed by atoms with van der Waals surface area (Å²) >= 11 is 0. The van der Waals surface area contributed by atoms with Crippen LogP contribution in [0.25, 0.3) is 0 Å². The highest BCUT2D eigenvalue weighted by molar-refractivity contribution is 5.95. The smallest absolute Gasteiger partial charge is 0.248 e. The third-order valence-corrected chi connectivity index (χ3v) is 5.13. The number of nitrogens with zero attached hydrogens (tertiary/aromatic N) is 4. The number of carbonyl (C=O) groups excluding carboxylic acids is 1. The molecule has 1 atom stereocenters. The Kier molecular flexibility index (Phi) is 5.21. The lowest BCUT2D eigenvalue weighted by molar-refractivity contribution is -0.122. The highest BCUT2D eigenvalue weighted by atomic mass is 16.2. The summed E-state index contributed by atoms with van der Waals surface area (Å²) in [5, 5.41) is 3.04. The lowest BCUT2D eigenvalue weighted by Gasteiger charge is -2.36. The van der Waals surface area contributed by atoms with Crippen LogP contribution in [0.15, 0.2) is 61.2 Å². The first-order valence-electron chi connectivity index (χ1n) is 9.68. The fourth-order valence-corrected chi connectivity index (χ4v) is 3.79. The predicted octanol–water partition coefficient (Wildman–Crippen LogP) is 3.60. The van der Waals surface area contributed by atoms with Crippen molar-refractivity contribution in [1.29, 1.82) is 0 Å². The van der Waals surface area contributed by atoms with Crippen molar-refractivity contribution in [2.45, 2.75) is 38.9 Å². The summed E-state index contributed by atoms with van der Waals surface area (Å²) in [6, 6.07) is 13.8. The van der Waals surface area contributed by atoms with E-state index in [1.165, 1.54) is 5.56 Å². The topological polar surface area (TPSA) is 63.1 Å². The molecule has 144 valence electrons. The van der Waals surface area contributed by atoms with Crippen LogP contribution in [0.2, 0.25) is 0 Å². The zero-order valence-electron chi connectivity index (χ0n) is 16.2. The second-order valence-electron chi connectivity index (χ2n) is 7.42. The van der Waals surface area contributed by atoms with Gasteiger partial charge in [-0.2, -0.15) is 0 Å². The molecular weight excluding hydrogens is 350 g/mol. The number of hydrogen-bond acceptors (Lipinski definition) is 4. The Morgan fingerprint density at radius 1 is 1.21 bits per heavy atom. The molecule has 0 radical (unpaired) electrons. The summed E-state index contributed by atoms with van der Waals surface area (Å²) in [5.74, 6) is -0.0488. The van der Waals surface area contributed by atoms with Gasteiger partial charge >= 0.3 is 0 Å². The molecule has 1 aliphatic rings. The summed E-state index contributed by atoms with van der Waals surface area (Å²) in [6.45, 7) is 5.75. The Bertz CT molecular complexity index is 936. The molecule has 0 spiro atoms. The first kappa shape index (κ1) is 18.4. The number of carbonyl (C=O) groups is 1. The number of anilines is 1. The van der Waals surface area contributed by atoms with Crippen LogP contribution < -0.4 is 5.32 Å². The van der Waals surface area contributed by atoms with E-state index in [0.29, 0.717) is 12.2 Å². The second kappa shape index (κ2) is 7.94. The van der Waals surface area contributed by atoms with Gasteiger partial charge in [0.05, 0.1) is 29.6 Å². The van der Waals surface area contributed by atoms with E-state index in [1.54, 1.807) is 12.4 Å². The van der Waals surface area contributed by atoms with Crippen LogP contribution in [-0.2, 0) is 17.8 Å². The number of aromatic nitrogens is 3. The zero-order valence-corrected chi connectivity index (χ0v) is 16.2. The van der Waals surface area contributed by atoms with E-state index in [9.17, 15) is 4.79 Å². The Balaban J connectivity index is 1.69. The van der Waals surface area contributed by atoms with Crippen molar-refractivity contribution in [3.63, 3.8) is 0 Å². The number of amides is 1. The molecule has 2 aromatic heterocycles. The Hall–Kier alpha value is -2.99. The van der Waals surface area contributed by atoms with Crippen LogP contribution in [0.3, 0.4) is 0 Å². The maximum atomic E-state index is 13.4. The molecule has 4 rings (SSSR count). The summed E-state index contributed by atoms with van der Waals surface area (Å²) in [5.41, 5.74) is 3.92. The van der Waals surface area contributed by atoms with Crippen LogP contribution in [0.4, 0.5) is 5.69 Å². The average molecular weight is 375 g/mol. The van der Waals surface area contributed by atoms with Gasteiger partial charge in [0, 0.05) is 31.7 Å². The number of imidazole rings is 1. The molecule has 0 saturated carbocycles. The van der Waals surface area contributed by atoms with Crippen molar-refractivity contribution >= 4 is 11.6 Å². The minimum atomic E-state index is -0.394. The number of rotatable bonds is 5. The molecule has 0 bridgehead atoms. The highest BCUT2D eigenvalue weighted by Gasteiger charge is 2.37. The van der Waals surface area contributed by atoms with E-state index in [1.807, 2.05) is 36.7 Å². The molecule has 0 aliphatic carbocycles. The molecule has 3 aromatic rings. The molecule has 1 aliphatic heterocycles. The van der Waals surface area contributed by atoms with E-state index < -0.39 is 6.04 Å². The van der Waals surface area contributed by atoms with Crippen LogP contribution in [0.5, 0.6) is 0 Å². The molecule has 28 heavy (non-hydrogen) atoms. The van der Waals surface area contributed by atoms with Crippen LogP contribution >= 0.6 is 0 Å². The number of nitrogens with one attached hydrogen (secondary N) is 1. The van der Waals surface area contributed by atoms with E-state index in [-0.39, 0.29) is 11.9 Å². The van der Waals surface area contributed by atoms with E-state index >= 15 is 0 Å². The molecule has 6 heteroatoms. The predicted molar refractivity (Wildman–Crippen MR) is 109 cm³/mol. The molecule has 6 nitrogen and oxygen atoms in total. The molecule has 0 fully saturated rings. The van der Waals surface area contributed by atoms with Gasteiger partial charge in [-0.3, -0.25) is 14.7 Å². The SMILES string of the molecule is CC(C)n1cnc2c1[C@H](C(=O)Nc1cccnc1)N(Cc1ccccc1)CC2. The number of hydrogen-bond donors (Lipinski definition) is 1. The Morgan fingerprint density at radius 2 is 2.04 bits per heavy atom. The average Bonchev–Trinajstić information content (AvgIpc) is 3.13. The monoisotopic (exact) mass is 375 g/mol. The zero-order chi connectivity index (χ0) is 19.5. The van der Waals surface area contributed by atoms with Crippen molar-refractivity contribution in [3.05, 3.63) is 78.1 Å². The number of pyridine rings is 1. The summed E-state index contributed by atoms with van der Waals surface area (Å²) < 4.78 is 2.12. The minimum Gasteiger partial charge on any atom is -0.330 e. The minimum absolute atomic E-state index is 0.0488.